The molecule has 218 valence electrons. The summed E-state index contributed by atoms with van der Waals surface area (Å²) in [5.74, 6) is -0.447. The van der Waals surface area contributed by atoms with Crippen molar-refractivity contribution < 1.29 is 27.5 Å². The average Bonchev–Trinajstić information content (AvgIpc) is 2.99. The Morgan fingerprint density at radius 3 is 2.37 bits per heavy atom. The number of hydrogen-bond donors (Lipinski definition) is 1. The van der Waals surface area contributed by atoms with Gasteiger partial charge < -0.3 is 19.7 Å². The number of benzene rings is 3. The zero-order chi connectivity index (χ0) is 29.4. The third kappa shape index (κ3) is 8.21. The van der Waals surface area contributed by atoms with Crippen LogP contribution in [-0.2, 0) is 37.4 Å². The number of sulfonamides is 1. The third-order valence-corrected chi connectivity index (χ3v) is 9.12. The normalized spacial score (nSPS) is 14.7. The van der Waals surface area contributed by atoms with Gasteiger partial charge in [-0.05, 0) is 54.4 Å². The predicted octanol–water partition coefficient (Wildman–Crippen LogP) is 4.13. The van der Waals surface area contributed by atoms with Crippen molar-refractivity contribution in [1.82, 2.24) is 14.5 Å². The molecule has 0 aromatic heterocycles. The molecule has 1 aliphatic rings. The van der Waals surface area contributed by atoms with Crippen LogP contribution in [0.5, 0.6) is 5.75 Å². The highest BCUT2D eigenvalue weighted by Crippen LogP contribution is 2.22. The Balaban J connectivity index is 1.41. The molecule has 3 aromatic rings. The predicted molar refractivity (Wildman–Crippen MR) is 156 cm³/mol. The van der Waals surface area contributed by atoms with Gasteiger partial charge in [-0.25, -0.2) is 8.42 Å². The molecule has 3 aromatic carbocycles. The summed E-state index contributed by atoms with van der Waals surface area (Å²) in [5, 5.41) is 3.75. The first-order valence-electron chi connectivity index (χ1n) is 13.0. The third-order valence-electron chi connectivity index (χ3n) is 6.63. The maximum absolute atomic E-state index is 13.3. The highest BCUT2D eigenvalue weighted by molar-refractivity contribution is 7.89. The molecule has 1 N–H and O–H groups in total. The summed E-state index contributed by atoms with van der Waals surface area (Å²) >= 11 is 12.2. The summed E-state index contributed by atoms with van der Waals surface area (Å²) in [6.07, 6.45) is 0. The van der Waals surface area contributed by atoms with E-state index in [-0.39, 0.29) is 30.5 Å². The van der Waals surface area contributed by atoms with Crippen LogP contribution in [0.3, 0.4) is 0 Å². The van der Waals surface area contributed by atoms with Gasteiger partial charge in [0, 0.05) is 36.2 Å². The smallest absolute Gasteiger partial charge is 0.261 e. The van der Waals surface area contributed by atoms with E-state index in [0.717, 1.165) is 5.56 Å². The van der Waals surface area contributed by atoms with Crippen LogP contribution in [0.2, 0.25) is 10.0 Å². The molecule has 1 aliphatic heterocycles. The minimum Gasteiger partial charge on any atom is -0.484 e. The molecule has 0 bridgehead atoms. The first-order chi connectivity index (χ1) is 19.6. The molecule has 1 heterocycles. The molecule has 12 heteroatoms. The van der Waals surface area contributed by atoms with E-state index in [9.17, 15) is 18.0 Å². The number of ether oxygens (including phenoxy) is 2. The van der Waals surface area contributed by atoms with Gasteiger partial charge in [-0.2, -0.15) is 4.31 Å². The summed E-state index contributed by atoms with van der Waals surface area (Å²) in [4.78, 5) is 28.0. The summed E-state index contributed by atoms with van der Waals surface area (Å²) in [5.41, 5.74) is 1.54. The number of halogens is 2. The fourth-order valence-electron chi connectivity index (χ4n) is 4.23. The molecule has 2 amide bonds. The van der Waals surface area contributed by atoms with Gasteiger partial charge in [0.2, 0.25) is 15.9 Å². The minimum atomic E-state index is -3.65. The first kappa shape index (κ1) is 30.8. The molecule has 9 nitrogen and oxygen atoms in total. The van der Waals surface area contributed by atoms with E-state index in [4.69, 9.17) is 32.7 Å². The molecule has 0 spiro atoms. The number of nitrogens with one attached hydrogen (secondary N) is 1. The quantitative estimate of drug-likeness (QED) is 0.346. The molecule has 0 radical (unpaired) electrons. The highest BCUT2D eigenvalue weighted by Gasteiger charge is 2.28. The van der Waals surface area contributed by atoms with Gasteiger partial charge in [-0.15, -0.1) is 0 Å². The van der Waals surface area contributed by atoms with Crippen LogP contribution < -0.4 is 10.1 Å². The molecular weight excluding hydrogens is 589 g/mol. The van der Waals surface area contributed by atoms with Crippen molar-refractivity contribution in [3.8, 4) is 5.75 Å². The Morgan fingerprint density at radius 2 is 1.71 bits per heavy atom. The van der Waals surface area contributed by atoms with Crippen LogP contribution in [0.15, 0.2) is 77.7 Å². The Morgan fingerprint density at radius 1 is 1.02 bits per heavy atom. The molecule has 0 saturated carbocycles. The second-order valence-electron chi connectivity index (χ2n) is 9.41. The molecule has 1 atom stereocenters. The zero-order valence-corrected chi connectivity index (χ0v) is 24.8. The van der Waals surface area contributed by atoms with E-state index in [1.807, 2.05) is 30.3 Å². The number of morpholine rings is 1. The van der Waals surface area contributed by atoms with Crippen molar-refractivity contribution in [3.05, 3.63) is 94.0 Å². The second-order valence-corrected chi connectivity index (χ2v) is 12.2. The van der Waals surface area contributed by atoms with Crippen molar-refractivity contribution in [2.24, 2.45) is 0 Å². The SMILES string of the molecule is CC(C(=O)NCc1ccc(Cl)cc1Cl)N(Cc1ccccc1)C(=O)COc1ccc(S(=O)(=O)N2CCOCC2)cc1. The molecule has 1 unspecified atom stereocenters. The van der Waals surface area contributed by atoms with Crippen molar-refractivity contribution in [2.75, 3.05) is 32.9 Å². The van der Waals surface area contributed by atoms with Crippen molar-refractivity contribution in [2.45, 2.75) is 31.0 Å². The van der Waals surface area contributed by atoms with Gasteiger partial charge in [0.05, 0.1) is 18.1 Å². The van der Waals surface area contributed by atoms with Crippen molar-refractivity contribution in [3.63, 3.8) is 0 Å². The fraction of sp³-hybridized carbons (Fsp3) is 0.310. The van der Waals surface area contributed by atoms with E-state index in [0.29, 0.717) is 47.7 Å². The Bertz CT molecular complexity index is 1450. The topological polar surface area (TPSA) is 105 Å². The summed E-state index contributed by atoms with van der Waals surface area (Å²) < 4.78 is 38.0. The monoisotopic (exact) mass is 619 g/mol. The summed E-state index contributed by atoms with van der Waals surface area (Å²) in [6.45, 7) is 2.96. The fourth-order valence-corrected chi connectivity index (χ4v) is 6.11. The number of rotatable bonds is 11. The van der Waals surface area contributed by atoms with Crippen LogP contribution >= 0.6 is 23.2 Å². The maximum Gasteiger partial charge on any atom is 0.261 e. The van der Waals surface area contributed by atoms with Gasteiger partial charge >= 0.3 is 0 Å². The summed E-state index contributed by atoms with van der Waals surface area (Å²) in [6, 6.07) is 19.4. The zero-order valence-electron chi connectivity index (χ0n) is 22.5. The van der Waals surface area contributed by atoms with Gasteiger partial charge in [0.25, 0.3) is 5.91 Å². The molecule has 4 rings (SSSR count). The van der Waals surface area contributed by atoms with Crippen LogP contribution in [0.1, 0.15) is 18.1 Å². The number of nitrogens with zero attached hydrogens (tertiary/aromatic N) is 2. The van der Waals surface area contributed by atoms with Gasteiger partial charge in [0.1, 0.15) is 11.8 Å². The van der Waals surface area contributed by atoms with Crippen LogP contribution in [-0.4, -0.2) is 68.4 Å². The van der Waals surface area contributed by atoms with Crippen LogP contribution in [0.25, 0.3) is 0 Å². The van der Waals surface area contributed by atoms with Crippen molar-refractivity contribution >= 4 is 45.0 Å². The summed E-state index contributed by atoms with van der Waals surface area (Å²) in [7, 11) is -3.65. The molecule has 41 heavy (non-hydrogen) atoms. The minimum absolute atomic E-state index is 0.134. The molecule has 1 saturated heterocycles. The van der Waals surface area contributed by atoms with Gasteiger partial charge in [-0.1, -0.05) is 59.6 Å². The van der Waals surface area contributed by atoms with E-state index in [1.165, 1.54) is 33.5 Å². The number of carbonyl (C=O) groups is 2. The van der Waals surface area contributed by atoms with Gasteiger partial charge in [0.15, 0.2) is 6.61 Å². The largest absolute Gasteiger partial charge is 0.484 e. The Kier molecular flexibility index (Phi) is 10.6. The Hall–Kier alpha value is -3.15. The lowest BCUT2D eigenvalue weighted by atomic mass is 10.1. The van der Waals surface area contributed by atoms with E-state index in [2.05, 4.69) is 5.32 Å². The second kappa shape index (κ2) is 14.2. The lowest BCUT2D eigenvalue weighted by molar-refractivity contribution is -0.142. The van der Waals surface area contributed by atoms with Crippen molar-refractivity contribution in [1.29, 1.82) is 0 Å². The number of hydrogen-bond acceptors (Lipinski definition) is 6. The van der Waals surface area contributed by atoms with Crippen LogP contribution in [0.4, 0.5) is 0 Å². The standard InChI is InChI=1S/C29H31Cl2N3O6S/c1-21(29(36)32-18-23-7-8-24(30)17-27(23)31)34(19-22-5-3-2-4-6-22)28(35)20-40-25-9-11-26(12-10-25)41(37,38)33-13-15-39-16-14-33/h2-12,17,21H,13-16,18-20H2,1H3,(H,32,36). The molecule has 1 fully saturated rings. The van der Waals surface area contributed by atoms with E-state index < -0.39 is 22.0 Å². The average molecular weight is 621 g/mol. The van der Waals surface area contributed by atoms with Crippen LogP contribution in [0, 0.1) is 0 Å². The molecule has 0 aliphatic carbocycles. The highest BCUT2D eigenvalue weighted by atomic mass is 35.5. The first-order valence-corrected chi connectivity index (χ1v) is 15.2. The van der Waals surface area contributed by atoms with E-state index >= 15 is 0 Å². The number of amides is 2. The maximum atomic E-state index is 13.3. The lowest BCUT2D eigenvalue weighted by Crippen LogP contribution is -2.48. The van der Waals surface area contributed by atoms with Gasteiger partial charge in [-0.3, -0.25) is 9.59 Å². The Labute approximate surface area is 250 Å². The molecular formula is C29H31Cl2N3O6S. The lowest BCUT2D eigenvalue weighted by Gasteiger charge is -2.29. The number of carbonyl (C=O) groups excluding carboxylic acids is 2. The van der Waals surface area contributed by atoms with E-state index in [1.54, 1.807) is 25.1 Å².